The number of nitrogens with two attached hydrogens (primary N) is 1. The molecule has 1 aliphatic rings. The summed E-state index contributed by atoms with van der Waals surface area (Å²) in [4.78, 5) is 26.0. The number of carbonyl (C=O) groups is 2. The Morgan fingerprint density at radius 3 is 2.77 bits per heavy atom. The first-order chi connectivity index (χ1) is 12.6. The fraction of sp³-hybridized carbons (Fsp3) is 0.300. The number of para-hydroxylation sites is 1. The van der Waals surface area contributed by atoms with Crippen LogP contribution in [0.3, 0.4) is 0 Å². The van der Waals surface area contributed by atoms with Crippen molar-refractivity contribution in [2.24, 2.45) is 5.73 Å². The summed E-state index contributed by atoms with van der Waals surface area (Å²) < 4.78 is 5.74. The molecule has 0 saturated carbocycles. The summed E-state index contributed by atoms with van der Waals surface area (Å²) in [7, 11) is 1.84. The van der Waals surface area contributed by atoms with Gasteiger partial charge in [0.05, 0.1) is 5.56 Å². The predicted octanol–water partition coefficient (Wildman–Crippen LogP) is 1.80. The zero-order chi connectivity index (χ0) is 18.5. The van der Waals surface area contributed by atoms with Gasteiger partial charge in [-0.2, -0.15) is 0 Å². The maximum atomic E-state index is 12.7. The van der Waals surface area contributed by atoms with Crippen LogP contribution in [0, 0.1) is 0 Å². The molecule has 1 saturated heterocycles. The second kappa shape index (κ2) is 8.01. The maximum Gasteiger partial charge on any atom is 0.253 e. The van der Waals surface area contributed by atoms with E-state index in [2.05, 4.69) is 5.32 Å². The van der Waals surface area contributed by atoms with E-state index in [1.807, 2.05) is 31.3 Å². The largest absolute Gasteiger partial charge is 0.488 e. The zero-order valence-electron chi connectivity index (χ0n) is 14.8. The lowest BCUT2D eigenvalue weighted by Crippen LogP contribution is -2.38. The van der Waals surface area contributed by atoms with Gasteiger partial charge in [-0.25, -0.2) is 0 Å². The fourth-order valence-electron chi connectivity index (χ4n) is 3.09. The van der Waals surface area contributed by atoms with Crippen LogP contribution in [0.15, 0.2) is 48.5 Å². The molecule has 6 nitrogen and oxygen atoms in total. The monoisotopic (exact) mass is 353 g/mol. The number of ether oxygens (including phenoxy) is 1. The summed E-state index contributed by atoms with van der Waals surface area (Å²) in [6.45, 7) is 2.02. The summed E-state index contributed by atoms with van der Waals surface area (Å²) in [5, 5.41) is 3.27. The third-order valence-electron chi connectivity index (χ3n) is 4.62. The Bertz CT molecular complexity index is 800. The standard InChI is InChI=1S/C20H23N3O3/c1-23(16-9-10-22-12-16)20(25)15-6-4-5-14(11-15)13-26-18-8-3-2-7-17(18)19(21)24/h2-8,11,16,22H,9-10,12-13H2,1H3,(H2,21,24)/t16-/m0/s1. The molecule has 3 rings (SSSR count). The number of primary amides is 1. The molecule has 0 bridgehead atoms. The molecule has 136 valence electrons. The van der Waals surface area contributed by atoms with Crippen LogP contribution in [0.5, 0.6) is 5.75 Å². The zero-order valence-corrected chi connectivity index (χ0v) is 14.8. The van der Waals surface area contributed by atoms with Gasteiger partial charge < -0.3 is 20.7 Å². The molecule has 3 N–H and O–H groups in total. The third-order valence-corrected chi connectivity index (χ3v) is 4.62. The van der Waals surface area contributed by atoms with E-state index >= 15 is 0 Å². The number of amides is 2. The van der Waals surface area contributed by atoms with Gasteiger partial charge in [-0.15, -0.1) is 0 Å². The Morgan fingerprint density at radius 2 is 2.04 bits per heavy atom. The predicted molar refractivity (Wildman–Crippen MR) is 99.1 cm³/mol. The van der Waals surface area contributed by atoms with E-state index in [9.17, 15) is 9.59 Å². The fourth-order valence-corrected chi connectivity index (χ4v) is 3.09. The smallest absolute Gasteiger partial charge is 0.253 e. The van der Waals surface area contributed by atoms with Gasteiger partial charge in [0.1, 0.15) is 12.4 Å². The van der Waals surface area contributed by atoms with Gasteiger partial charge in [-0.1, -0.05) is 24.3 Å². The Kier molecular flexibility index (Phi) is 5.53. The van der Waals surface area contributed by atoms with Crippen molar-refractivity contribution in [2.75, 3.05) is 20.1 Å². The second-order valence-electron chi connectivity index (χ2n) is 6.41. The van der Waals surface area contributed by atoms with Crippen LogP contribution in [-0.2, 0) is 6.61 Å². The minimum atomic E-state index is -0.531. The number of rotatable bonds is 6. The molecule has 1 heterocycles. The average molecular weight is 353 g/mol. The summed E-state index contributed by atoms with van der Waals surface area (Å²) in [5.41, 5.74) is 7.19. The van der Waals surface area contributed by atoms with Crippen LogP contribution in [0.25, 0.3) is 0 Å². The maximum absolute atomic E-state index is 12.7. The molecule has 0 spiro atoms. The second-order valence-corrected chi connectivity index (χ2v) is 6.41. The highest BCUT2D eigenvalue weighted by Crippen LogP contribution is 2.19. The van der Waals surface area contributed by atoms with E-state index in [1.54, 1.807) is 29.2 Å². The molecule has 1 atom stereocenters. The first kappa shape index (κ1) is 17.9. The topological polar surface area (TPSA) is 84.7 Å². The quantitative estimate of drug-likeness (QED) is 0.829. The van der Waals surface area contributed by atoms with E-state index < -0.39 is 5.91 Å². The van der Waals surface area contributed by atoms with Crippen LogP contribution in [-0.4, -0.2) is 42.9 Å². The number of nitrogens with one attached hydrogen (secondary N) is 1. The van der Waals surface area contributed by atoms with Crippen LogP contribution >= 0.6 is 0 Å². The van der Waals surface area contributed by atoms with Crippen molar-refractivity contribution in [2.45, 2.75) is 19.1 Å². The van der Waals surface area contributed by atoms with Gasteiger partial charge in [0.15, 0.2) is 0 Å². The highest BCUT2D eigenvalue weighted by Gasteiger charge is 2.24. The lowest BCUT2D eigenvalue weighted by atomic mass is 10.1. The SMILES string of the molecule is CN(C(=O)c1cccc(COc2ccccc2C(N)=O)c1)[C@H]1CCNC1. The van der Waals surface area contributed by atoms with E-state index in [0.717, 1.165) is 25.1 Å². The Labute approximate surface area is 152 Å². The van der Waals surface area contributed by atoms with Crippen molar-refractivity contribution in [3.8, 4) is 5.75 Å². The van der Waals surface area contributed by atoms with Crippen molar-refractivity contribution in [1.29, 1.82) is 0 Å². The number of likely N-dealkylation sites (N-methyl/N-ethyl adjacent to an activating group) is 1. The van der Waals surface area contributed by atoms with Gasteiger partial charge in [0, 0.05) is 25.2 Å². The van der Waals surface area contributed by atoms with E-state index in [4.69, 9.17) is 10.5 Å². The number of hydrogen-bond donors (Lipinski definition) is 2. The Morgan fingerprint density at radius 1 is 1.23 bits per heavy atom. The van der Waals surface area contributed by atoms with Gasteiger partial charge in [-0.3, -0.25) is 9.59 Å². The van der Waals surface area contributed by atoms with Gasteiger partial charge in [-0.05, 0) is 42.8 Å². The molecular weight excluding hydrogens is 330 g/mol. The minimum Gasteiger partial charge on any atom is -0.488 e. The molecule has 1 fully saturated rings. The lowest BCUT2D eigenvalue weighted by Gasteiger charge is -2.24. The highest BCUT2D eigenvalue weighted by atomic mass is 16.5. The average Bonchev–Trinajstić information content (AvgIpc) is 3.20. The van der Waals surface area contributed by atoms with Crippen molar-refractivity contribution >= 4 is 11.8 Å². The molecule has 1 aliphatic heterocycles. The van der Waals surface area contributed by atoms with E-state index in [0.29, 0.717) is 16.9 Å². The Balaban J connectivity index is 1.70. The van der Waals surface area contributed by atoms with Gasteiger partial charge in [0.25, 0.3) is 11.8 Å². The molecule has 2 amide bonds. The lowest BCUT2D eigenvalue weighted by molar-refractivity contribution is 0.0743. The Hall–Kier alpha value is -2.86. The van der Waals surface area contributed by atoms with Crippen molar-refractivity contribution in [3.63, 3.8) is 0 Å². The minimum absolute atomic E-state index is 0.00177. The number of benzene rings is 2. The van der Waals surface area contributed by atoms with E-state index in [1.165, 1.54) is 0 Å². The molecule has 0 unspecified atom stereocenters. The molecule has 0 radical (unpaired) electrons. The molecule has 0 aromatic heterocycles. The van der Waals surface area contributed by atoms with Crippen molar-refractivity contribution in [1.82, 2.24) is 10.2 Å². The molecular formula is C20H23N3O3. The summed E-state index contributed by atoms with van der Waals surface area (Å²) >= 11 is 0. The van der Waals surface area contributed by atoms with Crippen LogP contribution in [0.2, 0.25) is 0 Å². The highest BCUT2D eigenvalue weighted by molar-refractivity contribution is 5.95. The van der Waals surface area contributed by atoms with Crippen LogP contribution in [0.4, 0.5) is 0 Å². The van der Waals surface area contributed by atoms with Gasteiger partial charge in [0.2, 0.25) is 0 Å². The number of nitrogens with zero attached hydrogens (tertiary/aromatic N) is 1. The van der Waals surface area contributed by atoms with Crippen LogP contribution < -0.4 is 15.8 Å². The van der Waals surface area contributed by atoms with Gasteiger partial charge >= 0.3 is 0 Å². The number of carbonyl (C=O) groups excluding carboxylic acids is 2. The normalized spacial score (nSPS) is 16.3. The van der Waals surface area contributed by atoms with Crippen molar-refractivity contribution in [3.05, 3.63) is 65.2 Å². The molecule has 6 heteroatoms. The summed E-state index contributed by atoms with van der Waals surface area (Å²) in [5.74, 6) is -0.0970. The summed E-state index contributed by atoms with van der Waals surface area (Å²) in [6.07, 6.45) is 0.967. The summed E-state index contributed by atoms with van der Waals surface area (Å²) in [6, 6.07) is 14.4. The van der Waals surface area contributed by atoms with Crippen molar-refractivity contribution < 1.29 is 14.3 Å². The number of hydrogen-bond acceptors (Lipinski definition) is 4. The molecule has 0 aliphatic carbocycles. The first-order valence-electron chi connectivity index (χ1n) is 8.64. The molecule has 2 aromatic carbocycles. The van der Waals surface area contributed by atoms with Crippen LogP contribution in [0.1, 0.15) is 32.7 Å². The molecule has 2 aromatic rings. The molecule has 26 heavy (non-hydrogen) atoms. The van der Waals surface area contributed by atoms with E-state index in [-0.39, 0.29) is 18.6 Å². The first-order valence-corrected chi connectivity index (χ1v) is 8.64. The third kappa shape index (κ3) is 4.03.